The average Bonchev–Trinajstić information content (AvgIpc) is 2.93. The number of carbonyl (C=O) groups is 1. The molecule has 5 nitrogen and oxygen atoms in total. The van der Waals surface area contributed by atoms with Gasteiger partial charge < -0.3 is 9.80 Å². The Balaban J connectivity index is 1.76. The lowest BCUT2D eigenvalue weighted by molar-refractivity contribution is 0.0766. The van der Waals surface area contributed by atoms with E-state index in [2.05, 4.69) is 16.0 Å². The van der Waals surface area contributed by atoms with E-state index in [0.29, 0.717) is 12.1 Å². The van der Waals surface area contributed by atoms with Gasteiger partial charge in [0.25, 0.3) is 5.91 Å². The number of hydrogen-bond acceptors (Lipinski definition) is 4. The van der Waals surface area contributed by atoms with Crippen LogP contribution >= 0.6 is 0 Å². The van der Waals surface area contributed by atoms with Crippen LogP contribution in [0.1, 0.15) is 34.8 Å². The summed E-state index contributed by atoms with van der Waals surface area (Å²) in [5, 5.41) is 9.32. The van der Waals surface area contributed by atoms with Crippen LogP contribution in [0.3, 0.4) is 0 Å². The molecule has 128 valence electrons. The molecule has 1 aromatic carbocycles. The molecule has 0 saturated carbocycles. The second-order valence-corrected chi connectivity index (χ2v) is 6.15. The van der Waals surface area contributed by atoms with Gasteiger partial charge in [0, 0.05) is 44.1 Å². The summed E-state index contributed by atoms with van der Waals surface area (Å²) in [6, 6.07) is 11.7. The van der Waals surface area contributed by atoms with E-state index in [4.69, 9.17) is 0 Å². The van der Waals surface area contributed by atoms with E-state index >= 15 is 0 Å². The molecule has 1 saturated heterocycles. The van der Waals surface area contributed by atoms with Crippen LogP contribution in [-0.4, -0.2) is 42.0 Å². The first-order valence-electron chi connectivity index (χ1n) is 8.70. The van der Waals surface area contributed by atoms with E-state index in [1.807, 2.05) is 42.2 Å². The number of anilines is 1. The van der Waals surface area contributed by atoms with Crippen LogP contribution in [0.25, 0.3) is 0 Å². The highest BCUT2D eigenvalue weighted by molar-refractivity contribution is 5.95. The standard InChI is InChI=1S/C20H22N4O/c1-2-16-15-22-9-8-18(16)20(25)24-11-5-10-23(12-13-24)19-7-4-3-6-17(19)14-21/h3-4,6-9,15H,2,5,10-13H2,1H3. The molecule has 1 aliphatic heterocycles. The fraction of sp³-hybridized carbons (Fsp3) is 0.350. The molecule has 0 radical (unpaired) electrons. The fourth-order valence-corrected chi connectivity index (χ4v) is 3.29. The minimum Gasteiger partial charge on any atom is -0.369 e. The van der Waals surface area contributed by atoms with Crippen molar-refractivity contribution >= 4 is 11.6 Å². The van der Waals surface area contributed by atoms with Crippen LogP contribution < -0.4 is 4.90 Å². The SMILES string of the molecule is CCc1cnccc1C(=O)N1CCCN(c2ccccc2C#N)CC1. The molecular weight excluding hydrogens is 312 g/mol. The maximum atomic E-state index is 12.9. The number of nitrogens with zero attached hydrogens (tertiary/aromatic N) is 4. The number of rotatable bonds is 3. The van der Waals surface area contributed by atoms with Gasteiger partial charge in [-0.25, -0.2) is 0 Å². The Morgan fingerprint density at radius 1 is 1.20 bits per heavy atom. The Labute approximate surface area is 148 Å². The molecule has 0 unspecified atom stereocenters. The fourth-order valence-electron chi connectivity index (χ4n) is 3.29. The average molecular weight is 334 g/mol. The lowest BCUT2D eigenvalue weighted by Gasteiger charge is -2.24. The molecule has 25 heavy (non-hydrogen) atoms. The molecule has 2 heterocycles. The first kappa shape index (κ1) is 17.0. The highest BCUT2D eigenvalue weighted by Crippen LogP contribution is 2.22. The predicted molar refractivity (Wildman–Crippen MR) is 97.5 cm³/mol. The molecular formula is C20H22N4O. The summed E-state index contributed by atoms with van der Waals surface area (Å²) in [4.78, 5) is 21.2. The number of para-hydroxylation sites is 1. The molecule has 1 aliphatic rings. The van der Waals surface area contributed by atoms with Crippen molar-refractivity contribution in [1.82, 2.24) is 9.88 Å². The van der Waals surface area contributed by atoms with Crippen molar-refractivity contribution in [3.8, 4) is 6.07 Å². The topological polar surface area (TPSA) is 60.2 Å². The molecule has 0 spiro atoms. The van der Waals surface area contributed by atoms with Crippen LogP contribution in [-0.2, 0) is 6.42 Å². The van der Waals surface area contributed by atoms with Gasteiger partial charge in [0.1, 0.15) is 6.07 Å². The number of hydrogen-bond donors (Lipinski definition) is 0. The summed E-state index contributed by atoms with van der Waals surface area (Å²) >= 11 is 0. The summed E-state index contributed by atoms with van der Waals surface area (Å²) in [6.07, 6.45) is 5.14. The van der Waals surface area contributed by atoms with Gasteiger partial charge in [0.2, 0.25) is 0 Å². The molecule has 5 heteroatoms. The molecule has 0 N–H and O–H groups in total. The Morgan fingerprint density at radius 3 is 2.84 bits per heavy atom. The quantitative estimate of drug-likeness (QED) is 0.866. The van der Waals surface area contributed by atoms with E-state index in [-0.39, 0.29) is 5.91 Å². The minimum absolute atomic E-state index is 0.0784. The van der Waals surface area contributed by atoms with Crippen LogP contribution in [0.15, 0.2) is 42.7 Å². The van der Waals surface area contributed by atoms with Crippen molar-refractivity contribution in [2.24, 2.45) is 0 Å². The van der Waals surface area contributed by atoms with E-state index in [1.165, 1.54) is 0 Å². The second kappa shape index (κ2) is 7.80. The zero-order chi connectivity index (χ0) is 17.6. The Bertz CT molecular complexity index is 796. The third-order valence-corrected chi connectivity index (χ3v) is 4.66. The Hall–Kier alpha value is -2.87. The van der Waals surface area contributed by atoms with Crippen LogP contribution in [0.4, 0.5) is 5.69 Å². The summed E-state index contributed by atoms with van der Waals surface area (Å²) in [6.45, 7) is 5.01. The van der Waals surface area contributed by atoms with Crippen molar-refractivity contribution in [2.45, 2.75) is 19.8 Å². The van der Waals surface area contributed by atoms with Gasteiger partial charge in [-0.3, -0.25) is 9.78 Å². The second-order valence-electron chi connectivity index (χ2n) is 6.15. The third kappa shape index (κ3) is 3.63. The van der Waals surface area contributed by atoms with Gasteiger partial charge >= 0.3 is 0 Å². The normalized spacial score (nSPS) is 14.7. The van der Waals surface area contributed by atoms with E-state index in [1.54, 1.807) is 12.4 Å². The molecule has 1 amide bonds. The highest BCUT2D eigenvalue weighted by atomic mass is 16.2. The Kier molecular flexibility index (Phi) is 5.30. The monoisotopic (exact) mass is 334 g/mol. The highest BCUT2D eigenvalue weighted by Gasteiger charge is 2.22. The number of aromatic nitrogens is 1. The van der Waals surface area contributed by atoms with E-state index in [9.17, 15) is 10.1 Å². The van der Waals surface area contributed by atoms with Crippen molar-refractivity contribution < 1.29 is 4.79 Å². The van der Waals surface area contributed by atoms with Gasteiger partial charge in [0.15, 0.2) is 0 Å². The summed E-state index contributed by atoms with van der Waals surface area (Å²) < 4.78 is 0. The predicted octanol–water partition coefficient (Wildman–Crippen LogP) is 2.87. The van der Waals surface area contributed by atoms with Gasteiger partial charge in [-0.2, -0.15) is 5.26 Å². The summed E-state index contributed by atoms with van der Waals surface area (Å²) in [5.74, 6) is 0.0784. The third-order valence-electron chi connectivity index (χ3n) is 4.66. The maximum absolute atomic E-state index is 12.9. The summed E-state index contributed by atoms with van der Waals surface area (Å²) in [7, 11) is 0. The number of pyridine rings is 1. The Morgan fingerprint density at radius 2 is 2.04 bits per heavy atom. The number of amides is 1. The lowest BCUT2D eigenvalue weighted by atomic mass is 10.1. The molecule has 1 aromatic heterocycles. The summed E-state index contributed by atoms with van der Waals surface area (Å²) in [5.41, 5.74) is 3.38. The van der Waals surface area contributed by atoms with Gasteiger partial charge in [0.05, 0.1) is 11.3 Å². The van der Waals surface area contributed by atoms with Crippen LogP contribution in [0, 0.1) is 11.3 Å². The van der Waals surface area contributed by atoms with Crippen molar-refractivity contribution in [2.75, 3.05) is 31.1 Å². The molecule has 0 bridgehead atoms. The van der Waals surface area contributed by atoms with Crippen molar-refractivity contribution in [1.29, 1.82) is 5.26 Å². The first-order valence-corrected chi connectivity index (χ1v) is 8.70. The zero-order valence-electron chi connectivity index (χ0n) is 14.5. The number of benzene rings is 1. The van der Waals surface area contributed by atoms with Crippen molar-refractivity contribution in [3.05, 3.63) is 59.4 Å². The maximum Gasteiger partial charge on any atom is 0.254 e. The van der Waals surface area contributed by atoms with Gasteiger partial charge in [-0.15, -0.1) is 0 Å². The smallest absolute Gasteiger partial charge is 0.254 e. The number of nitriles is 1. The molecule has 3 rings (SSSR count). The number of aryl methyl sites for hydroxylation is 1. The molecule has 2 aromatic rings. The molecule has 1 fully saturated rings. The lowest BCUT2D eigenvalue weighted by Crippen LogP contribution is -2.35. The number of carbonyl (C=O) groups excluding carboxylic acids is 1. The zero-order valence-corrected chi connectivity index (χ0v) is 14.5. The minimum atomic E-state index is 0.0784. The largest absolute Gasteiger partial charge is 0.369 e. The van der Waals surface area contributed by atoms with E-state index < -0.39 is 0 Å². The molecule has 0 aliphatic carbocycles. The molecule has 0 atom stereocenters. The van der Waals surface area contributed by atoms with Crippen molar-refractivity contribution in [3.63, 3.8) is 0 Å². The van der Waals surface area contributed by atoms with Gasteiger partial charge in [-0.1, -0.05) is 19.1 Å². The van der Waals surface area contributed by atoms with Gasteiger partial charge in [-0.05, 0) is 36.6 Å². The first-order chi connectivity index (χ1) is 12.2. The van der Waals surface area contributed by atoms with Crippen LogP contribution in [0.5, 0.6) is 0 Å². The van der Waals surface area contributed by atoms with Crippen LogP contribution in [0.2, 0.25) is 0 Å². The van der Waals surface area contributed by atoms with E-state index in [0.717, 1.165) is 49.3 Å².